The molecule has 0 aliphatic carbocycles. The summed E-state index contributed by atoms with van der Waals surface area (Å²) >= 11 is 0. The molecule has 2 unspecified atom stereocenters. The first-order valence-electron chi connectivity index (χ1n) is 11.2. The van der Waals surface area contributed by atoms with Crippen molar-refractivity contribution >= 4 is 0 Å². The number of aliphatic hydroxyl groups is 1. The summed E-state index contributed by atoms with van der Waals surface area (Å²) in [5, 5.41) is 11.5. The molecule has 0 heterocycles. The third kappa shape index (κ3) is 5.20. The normalized spacial score (nSPS) is 16.8. The molecule has 0 aliphatic heterocycles. The molecule has 1 N–H and O–H groups in total. The Hall–Kier alpha value is -2.51. The minimum Gasteiger partial charge on any atom is -0.384 e. The monoisotopic (exact) mass is 586 g/mol. The molecule has 0 aliphatic rings. The molecule has 0 fully saturated rings. The summed E-state index contributed by atoms with van der Waals surface area (Å²) in [4.78, 5) is 0. The van der Waals surface area contributed by atoms with E-state index < -0.39 is 65.2 Å². The minimum absolute atomic E-state index is 0.00151. The molecule has 0 amide bonds. The molecule has 2 aromatic carbocycles. The van der Waals surface area contributed by atoms with Crippen LogP contribution in [0.4, 0.5) is 57.1 Å². The first kappa shape index (κ1) is 32.7. The first-order chi connectivity index (χ1) is 17.4. The summed E-state index contributed by atoms with van der Waals surface area (Å²) in [5.74, 6) is -40.0. The third-order valence-electron chi connectivity index (χ3n) is 6.56. The van der Waals surface area contributed by atoms with E-state index >= 15 is 8.78 Å². The molecule has 1 nitrogen and oxygen atoms in total. The van der Waals surface area contributed by atoms with Crippen molar-refractivity contribution in [1.82, 2.24) is 0 Å². The zero-order valence-corrected chi connectivity index (χ0v) is 20.4. The van der Waals surface area contributed by atoms with Gasteiger partial charge in [0.15, 0.2) is 0 Å². The highest BCUT2D eigenvalue weighted by Crippen LogP contribution is 2.62. The molecule has 0 bridgehead atoms. The average Bonchev–Trinajstić information content (AvgIpc) is 2.82. The number of benzene rings is 2. The molecule has 2 rings (SSSR count). The van der Waals surface area contributed by atoms with Gasteiger partial charge in [-0.1, -0.05) is 75.4 Å². The van der Waals surface area contributed by atoms with Crippen molar-refractivity contribution in [2.24, 2.45) is 0 Å². The van der Waals surface area contributed by atoms with Gasteiger partial charge in [-0.15, -0.1) is 0 Å². The van der Waals surface area contributed by atoms with Crippen molar-refractivity contribution < 1.29 is 62.2 Å². The fourth-order valence-electron chi connectivity index (χ4n) is 4.15. The van der Waals surface area contributed by atoms with E-state index in [-0.39, 0.29) is 11.1 Å². The van der Waals surface area contributed by atoms with Crippen molar-refractivity contribution in [3.05, 3.63) is 71.3 Å². The second-order valence-corrected chi connectivity index (χ2v) is 9.48. The molecule has 0 radical (unpaired) electrons. The van der Waals surface area contributed by atoms with Crippen molar-refractivity contribution in [3.8, 4) is 0 Å². The Bertz CT molecular complexity index is 1130. The first-order valence-corrected chi connectivity index (χ1v) is 11.2. The molecular weight excluding hydrogens is 563 g/mol. The van der Waals surface area contributed by atoms with Gasteiger partial charge in [-0.25, -0.2) is 0 Å². The van der Waals surface area contributed by atoms with Gasteiger partial charge in [0.1, 0.15) is 5.60 Å². The number of hydrogen-bond donors (Lipinski definition) is 1. The fraction of sp³-hybridized carbons (Fsp3) is 0.520. The third-order valence-corrected chi connectivity index (χ3v) is 6.56. The van der Waals surface area contributed by atoms with Crippen LogP contribution in [0.2, 0.25) is 0 Å². The molecule has 0 saturated heterocycles. The zero-order chi connectivity index (χ0) is 30.5. The standard InChI is InChI=1S/C25H23F13O/c1-14(2)17-11-7-8-12-18(17)19(39,15(3)16-9-5-4-6-10-16)13-20(26,27)21(28,29)22(30,31)23(32,33)24(34,35)25(36,37)38/h4-12,14-15,39H,13H2,1-3H3. The summed E-state index contributed by atoms with van der Waals surface area (Å²) in [7, 11) is 0. The number of halogens is 13. The molecule has 39 heavy (non-hydrogen) atoms. The molecule has 0 spiro atoms. The van der Waals surface area contributed by atoms with Crippen LogP contribution in [0, 0.1) is 0 Å². The molecule has 2 atom stereocenters. The molecule has 14 heteroatoms. The Labute approximate surface area is 214 Å². The van der Waals surface area contributed by atoms with Crippen molar-refractivity contribution in [3.63, 3.8) is 0 Å². The maximum absolute atomic E-state index is 15.1. The van der Waals surface area contributed by atoms with Gasteiger partial charge in [-0.05, 0) is 22.6 Å². The summed E-state index contributed by atoms with van der Waals surface area (Å²) in [6.07, 6.45) is -10.2. The highest BCUT2D eigenvalue weighted by atomic mass is 19.4. The van der Waals surface area contributed by atoms with Gasteiger partial charge < -0.3 is 5.11 Å². The van der Waals surface area contributed by atoms with Crippen LogP contribution in [-0.4, -0.2) is 40.9 Å². The Morgan fingerprint density at radius 2 is 1.03 bits per heavy atom. The van der Waals surface area contributed by atoms with E-state index in [1.54, 1.807) is 0 Å². The molecule has 220 valence electrons. The van der Waals surface area contributed by atoms with Crippen LogP contribution in [-0.2, 0) is 5.60 Å². The van der Waals surface area contributed by atoms with Crippen LogP contribution < -0.4 is 0 Å². The summed E-state index contributed by atoms with van der Waals surface area (Å²) in [6, 6.07) is 11.5. The zero-order valence-electron chi connectivity index (χ0n) is 20.4. The molecule has 2 aromatic rings. The van der Waals surface area contributed by atoms with E-state index in [0.29, 0.717) is 0 Å². The van der Waals surface area contributed by atoms with Gasteiger partial charge in [-0.2, -0.15) is 57.1 Å². The van der Waals surface area contributed by atoms with E-state index in [9.17, 15) is 53.4 Å². The number of alkyl halides is 13. The van der Waals surface area contributed by atoms with Crippen molar-refractivity contribution in [1.29, 1.82) is 0 Å². The van der Waals surface area contributed by atoms with Crippen LogP contribution >= 0.6 is 0 Å². The summed E-state index contributed by atoms with van der Waals surface area (Å²) in [5.41, 5.74) is -3.68. The van der Waals surface area contributed by atoms with Crippen LogP contribution in [0.1, 0.15) is 55.7 Å². The Balaban J connectivity index is 2.76. The number of rotatable bonds is 10. The van der Waals surface area contributed by atoms with Gasteiger partial charge in [0.2, 0.25) is 0 Å². The van der Waals surface area contributed by atoms with Gasteiger partial charge in [0, 0.05) is 5.92 Å². The SMILES string of the molecule is CC(C)c1ccccc1C(O)(CC(F)(F)C(F)(F)C(F)(F)C(F)(F)C(F)(F)C(F)(F)F)C(C)c1ccccc1. The summed E-state index contributed by atoms with van der Waals surface area (Å²) in [6.45, 7) is 4.02. The average molecular weight is 586 g/mol. The van der Waals surface area contributed by atoms with Crippen LogP contribution in [0.3, 0.4) is 0 Å². The quantitative estimate of drug-likeness (QED) is 0.276. The van der Waals surface area contributed by atoms with E-state index in [1.165, 1.54) is 62.4 Å². The van der Waals surface area contributed by atoms with Crippen molar-refractivity contribution in [2.45, 2.75) is 80.4 Å². The largest absolute Gasteiger partial charge is 0.460 e. The van der Waals surface area contributed by atoms with Crippen LogP contribution in [0.5, 0.6) is 0 Å². The van der Waals surface area contributed by atoms with E-state index in [0.717, 1.165) is 13.0 Å². The van der Waals surface area contributed by atoms with Crippen molar-refractivity contribution in [2.75, 3.05) is 0 Å². The van der Waals surface area contributed by atoms with Crippen LogP contribution in [0.25, 0.3) is 0 Å². The predicted molar refractivity (Wildman–Crippen MR) is 115 cm³/mol. The second kappa shape index (κ2) is 10.2. The molecule has 0 saturated carbocycles. The van der Waals surface area contributed by atoms with Crippen LogP contribution in [0.15, 0.2) is 54.6 Å². The summed E-state index contributed by atoms with van der Waals surface area (Å²) < 4.78 is 179. The lowest BCUT2D eigenvalue weighted by Gasteiger charge is -2.44. The van der Waals surface area contributed by atoms with E-state index in [4.69, 9.17) is 0 Å². The topological polar surface area (TPSA) is 20.2 Å². The van der Waals surface area contributed by atoms with Gasteiger partial charge in [0.25, 0.3) is 0 Å². The van der Waals surface area contributed by atoms with Gasteiger partial charge >= 0.3 is 35.8 Å². The lowest BCUT2D eigenvalue weighted by Crippen LogP contribution is -2.70. The highest BCUT2D eigenvalue weighted by Gasteiger charge is 2.90. The lowest BCUT2D eigenvalue weighted by atomic mass is 9.71. The second-order valence-electron chi connectivity index (χ2n) is 9.48. The maximum Gasteiger partial charge on any atom is 0.460 e. The Morgan fingerprint density at radius 1 is 0.590 bits per heavy atom. The fourth-order valence-corrected chi connectivity index (χ4v) is 4.15. The predicted octanol–water partition coefficient (Wildman–Crippen LogP) is 8.93. The minimum atomic E-state index is -8.01. The van der Waals surface area contributed by atoms with E-state index in [2.05, 4.69) is 0 Å². The smallest absolute Gasteiger partial charge is 0.384 e. The van der Waals surface area contributed by atoms with E-state index in [1.807, 2.05) is 0 Å². The maximum atomic E-state index is 15.1. The Morgan fingerprint density at radius 3 is 1.49 bits per heavy atom. The molecular formula is C25H23F13O. The highest BCUT2D eigenvalue weighted by molar-refractivity contribution is 5.39. The number of hydrogen-bond acceptors (Lipinski definition) is 1. The lowest BCUT2D eigenvalue weighted by molar-refractivity contribution is -0.441. The Kier molecular flexibility index (Phi) is 8.51. The molecule has 0 aromatic heterocycles. The van der Waals surface area contributed by atoms with Gasteiger partial charge in [-0.3, -0.25) is 0 Å². The van der Waals surface area contributed by atoms with Gasteiger partial charge in [0.05, 0.1) is 6.42 Å².